The van der Waals surface area contributed by atoms with E-state index in [2.05, 4.69) is 28.5 Å². The van der Waals surface area contributed by atoms with Crippen molar-refractivity contribution in [1.82, 2.24) is 10.2 Å². The Kier molecular flexibility index (Phi) is 5.26. The lowest BCUT2D eigenvalue weighted by Crippen LogP contribution is -2.36. The molecule has 1 N–H and O–H groups in total. The van der Waals surface area contributed by atoms with E-state index in [0.717, 1.165) is 30.1 Å². The van der Waals surface area contributed by atoms with E-state index >= 15 is 0 Å². The minimum Gasteiger partial charge on any atom is -0.368 e. The molecule has 5 nitrogen and oxygen atoms in total. The number of carbonyl (C=O) groups is 1. The Balaban J connectivity index is 1.39. The fraction of sp³-hybridized carbons (Fsp3) is 0.227. The molecule has 4 rings (SSSR count). The molecule has 28 heavy (non-hydrogen) atoms. The highest BCUT2D eigenvalue weighted by atomic mass is 35.5. The lowest BCUT2D eigenvalue weighted by Gasteiger charge is -2.22. The zero-order chi connectivity index (χ0) is 19.5. The van der Waals surface area contributed by atoms with Crippen LogP contribution in [0.15, 0.2) is 60.7 Å². The summed E-state index contributed by atoms with van der Waals surface area (Å²) in [5.74, 6) is 0.540. The second-order valence-corrected chi connectivity index (χ2v) is 7.40. The lowest BCUT2D eigenvalue weighted by molar-refractivity contribution is 0.0975. The highest BCUT2D eigenvalue weighted by Gasteiger charge is 2.31. The molecular formula is C22H21ClN4O. The van der Waals surface area contributed by atoms with Crippen LogP contribution < -0.4 is 10.2 Å². The van der Waals surface area contributed by atoms with Crippen molar-refractivity contribution in [1.29, 1.82) is 0 Å². The molecule has 0 fully saturated rings. The molecule has 3 aromatic rings. The molecule has 0 bridgehead atoms. The number of amides is 1. The number of nitrogens with one attached hydrogen (secondary N) is 1. The quantitative estimate of drug-likeness (QED) is 0.700. The van der Waals surface area contributed by atoms with Crippen LogP contribution in [0, 0.1) is 0 Å². The van der Waals surface area contributed by atoms with Gasteiger partial charge in [0.05, 0.1) is 0 Å². The summed E-state index contributed by atoms with van der Waals surface area (Å²) in [5, 5.41) is 12.3. The van der Waals surface area contributed by atoms with Gasteiger partial charge < -0.3 is 10.2 Å². The van der Waals surface area contributed by atoms with Gasteiger partial charge >= 0.3 is 0 Å². The molecule has 1 aromatic heterocycles. The first kappa shape index (κ1) is 18.4. The van der Waals surface area contributed by atoms with Gasteiger partial charge in [-0.25, -0.2) is 0 Å². The summed E-state index contributed by atoms with van der Waals surface area (Å²) in [4.78, 5) is 14.8. The third-order valence-electron chi connectivity index (χ3n) is 4.94. The average Bonchev–Trinajstić information content (AvgIpc) is 3.05. The summed E-state index contributed by atoms with van der Waals surface area (Å²) < 4.78 is 0. The van der Waals surface area contributed by atoms with Crippen molar-refractivity contribution in [3.05, 3.63) is 82.5 Å². The molecule has 2 aromatic carbocycles. The number of fused-ring (bicyclic) bond motifs is 1. The Morgan fingerprint density at radius 1 is 1.11 bits per heavy atom. The molecule has 1 aliphatic heterocycles. The maximum atomic E-state index is 13.0. The standard InChI is InChI=1S/C22H21ClN4O/c1-15-14-17-4-2-3-5-20(17)27(15)22(28)19-10-11-21(26-25-19)24-13-12-16-6-8-18(23)9-7-16/h2-11,15H,12-14H2,1H3,(H,24,26). The van der Waals surface area contributed by atoms with E-state index < -0.39 is 0 Å². The molecule has 0 spiro atoms. The van der Waals surface area contributed by atoms with Crippen molar-refractivity contribution < 1.29 is 4.79 Å². The van der Waals surface area contributed by atoms with Crippen molar-refractivity contribution in [2.75, 3.05) is 16.8 Å². The van der Waals surface area contributed by atoms with Crippen LogP contribution in [0.5, 0.6) is 0 Å². The summed E-state index contributed by atoms with van der Waals surface area (Å²) in [5.41, 5.74) is 3.70. The number of hydrogen-bond donors (Lipinski definition) is 1. The van der Waals surface area contributed by atoms with E-state index in [-0.39, 0.29) is 11.9 Å². The maximum Gasteiger partial charge on any atom is 0.279 e. The van der Waals surface area contributed by atoms with Gasteiger partial charge in [0.1, 0.15) is 5.82 Å². The molecule has 1 aliphatic rings. The second-order valence-electron chi connectivity index (χ2n) is 6.96. The van der Waals surface area contributed by atoms with Gasteiger partial charge in [0.15, 0.2) is 5.69 Å². The molecule has 0 saturated heterocycles. The van der Waals surface area contributed by atoms with Gasteiger partial charge in [-0.3, -0.25) is 4.79 Å². The zero-order valence-corrected chi connectivity index (χ0v) is 16.4. The normalized spacial score (nSPS) is 15.4. The van der Waals surface area contributed by atoms with Crippen LogP contribution >= 0.6 is 11.6 Å². The van der Waals surface area contributed by atoms with Gasteiger partial charge in [-0.2, -0.15) is 0 Å². The highest BCUT2D eigenvalue weighted by molar-refractivity contribution is 6.30. The van der Waals surface area contributed by atoms with Crippen molar-refractivity contribution in [2.24, 2.45) is 0 Å². The lowest BCUT2D eigenvalue weighted by atomic mass is 10.1. The number of carbonyl (C=O) groups excluding carboxylic acids is 1. The first-order valence-corrected chi connectivity index (χ1v) is 9.73. The first-order valence-electron chi connectivity index (χ1n) is 9.35. The number of hydrogen-bond acceptors (Lipinski definition) is 4. The van der Waals surface area contributed by atoms with E-state index in [1.807, 2.05) is 47.4 Å². The minimum absolute atomic E-state index is 0.113. The molecule has 0 radical (unpaired) electrons. The van der Waals surface area contributed by atoms with Crippen molar-refractivity contribution in [3.8, 4) is 0 Å². The van der Waals surface area contributed by atoms with Gasteiger partial charge in [-0.1, -0.05) is 41.9 Å². The van der Waals surface area contributed by atoms with Crippen molar-refractivity contribution >= 4 is 29.0 Å². The molecule has 142 valence electrons. The van der Waals surface area contributed by atoms with Crippen LogP contribution in [0.4, 0.5) is 11.5 Å². The predicted octanol–water partition coefficient (Wildman–Crippen LogP) is 4.38. The fourth-order valence-electron chi connectivity index (χ4n) is 3.53. The van der Waals surface area contributed by atoms with Crippen LogP contribution in [-0.4, -0.2) is 28.7 Å². The van der Waals surface area contributed by atoms with Gasteiger partial charge in [-0.05, 0) is 61.2 Å². The Morgan fingerprint density at radius 2 is 1.89 bits per heavy atom. The summed E-state index contributed by atoms with van der Waals surface area (Å²) in [7, 11) is 0. The molecule has 1 amide bonds. The molecule has 2 heterocycles. The molecule has 1 unspecified atom stereocenters. The summed E-state index contributed by atoms with van der Waals surface area (Å²) in [6.45, 7) is 2.78. The Bertz CT molecular complexity index is 973. The van der Waals surface area contributed by atoms with Crippen LogP contribution in [0.3, 0.4) is 0 Å². The van der Waals surface area contributed by atoms with Gasteiger partial charge in [0.2, 0.25) is 0 Å². The average molecular weight is 393 g/mol. The smallest absolute Gasteiger partial charge is 0.279 e. The molecule has 6 heteroatoms. The molecule has 1 atom stereocenters. The van der Waals surface area contributed by atoms with Crippen LogP contribution in [0.1, 0.15) is 28.5 Å². The van der Waals surface area contributed by atoms with E-state index in [1.54, 1.807) is 12.1 Å². The number of anilines is 2. The number of benzene rings is 2. The van der Waals surface area contributed by atoms with E-state index in [4.69, 9.17) is 11.6 Å². The SMILES string of the molecule is CC1Cc2ccccc2N1C(=O)c1ccc(NCCc2ccc(Cl)cc2)nn1. The Labute approximate surface area is 169 Å². The Hall–Kier alpha value is -2.92. The van der Waals surface area contributed by atoms with E-state index in [1.165, 1.54) is 11.1 Å². The first-order chi connectivity index (χ1) is 13.6. The largest absolute Gasteiger partial charge is 0.368 e. The van der Waals surface area contributed by atoms with Crippen molar-refractivity contribution in [3.63, 3.8) is 0 Å². The second kappa shape index (κ2) is 7.98. The topological polar surface area (TPSA) is 58.1 Å². The maximum absolute atomic E-state index is 13.0. The summed E-state index contributed by atoms with van der Waals surface area (Å²) >= 11 is 5.90. The fourth-order valence-corrected chi connectivity index (χ4v) is 3.65. The van der Waals surface area contributed by atoms with Gasteiger partial charge in [0, 0.05) is 23.3 Å². The van der Waals surface area contributed by atoms with E-state index in [0.29, 0.717) is 11.5 Å². The highest BCUT2D eigenvalue weighted by Crippen LogP contribution is 2.32. The number of nitrogens with zero attached hydrogens (tertiary/aromatic N) is 3. The number of aromatic nitrogens is 2. The third kappa shape index (κ3) is 3.85. The monoisotopic (exact) mass is 392 g/mol. The molecule has 0 aliphatic carbocycles. The summed E-state index contributed by atoms with van der Waals surface area (Å²) in [6, 6.07) is 19.4. The van der Waals surface area contributed by atoms with Crippen LogP contribution in [0.2, 0.25) is 5.02 Å². The number of halogens is 1. The number of para-hydroxylation sites is 1. The van der Waals surface area contributed by atoms with E-state index in [9.17, 15) is 4.79 Å². The Morgan fingerprint density at radius 3 is 2.64 bits per heavy atom. The van der Waals surface area contributed by atoms with Gasteiger partial charge in [-0.15, -0.1) is 10.2 Å². The minimum atomic E-state index is -0.113. The summed E-state index contributed by atoms with van der Waals surface area (Å²) in [6.07, 6.45) is 1.71. The third-order valence-corrected chi connectivity index (χ3v) is 5.19. The van der Waals surface area contributed by atoms with Gasteiger partial charge in [0.25, 0.3) is 5.91 Å². The van der Waals surface area contributed by atoms with Crippen molar-refractivity contribution in [2.45, 2.75) is 25.8 Å². The predicted molar refractivity (Wildman–Crippen MR) is 112 cm³/mol. The van der Waals surface area contributed by atoms with Crippen LogP contribution in [0.25, 0.3) is 0 Å². The molecular weight excluding hydrogens is 372 g/mol. The zero-order valence-electron chi connectivity index (χ0n) is 15.6. The molecule has 0 saturated carbocycles. The van der Waals surface area contributed by atoms with Crippen LogP contribution in [-0.2, 0) is 12.8 Å². The number of rotatable bonds is 5.